The van der Waals surface area contributed by atoms with E-state index < -0.39 is 0 Å². The number of hydrogen-bond donors (Lipinski definition) is 0. The highest BCUT2D eigenvalue weighted by Gasteiger charge is 2.12. The summed E-state index contributed by atoms with van der Waals surface area (Å²) < 4.78 is 7.27. The first-order chi connectivity index (χ1) is 7.20. The second-order valence-corrected chi connectivity index (χ2v) is 3.55. The number of rotatable bonds is 3. The van der Waals surface area contributed by atoms with Gasteiger partial charge in [0.25, 0.3) is 5.89 Å². The summed E-state index contributed by atoms with van der Waals surface area (Å²) in [5.41, 5.74) is 1.82. The molecular formula is C10H14N4O. The van der Waals surface area contributed by atoms with Gasteiger partial charge in [-0.05, 0) is 13.3 Å². The molecule has 0 spiro atoms. The SMILES string of the molecule is CCCc1nnc(-c2cn(C)nc2C)o1. The van der Waals surface area contributed by atoms with Gasteiger partial charge in [0.15, 0.2) is 0 Å². The fourth-order valence-corrected chi connectivity index (χ4v) is 1.49. The molecule has 5 nitrogen and oxygen atoms in total. The van der Waals surface area contributed by atoms with Crippen molar-refractivity contribution in [2.24, 2.45) is 7.05 Å². The van der Waals surface area contributed by atoms with Gasteiger partial charge in [0.05, 0.1) is 11.3 Å². The molecule has 80 valence electrons. The quantitative estimate of drug-likeness (QED) is 0.767. The molecule has 2 rings (SSSR count). The summed E-state index contributed by atoms with van der Waals surface area (Å²) in [6.45, 7) is 4.01. The minimum atomic E-state index is 0.559. The van der Waals surface area contributed by atoms with E-state index in [1.165, 1.54) is 0 Å². The first kappa shape index (κ1) is 9.89. The third-order valence-corrected chi connectivity index (χ3v) is 2.17. The Balaban J connectivity index is 2.32. The molecule has 2 aromatic rings. The molecule has 0 saturated heterocycles. The molecule has 0 bridgehead atoms. The largest absolute Gasteiger partial charge is 0.421 e. The van der Waals surface area contributed by atoms with Gasteiger partial charge < -0.3 is 4.42 Å². The van der Waals surface area contributed by atoms with E-state index in [1.54, 1.807) is 4.68 Å². The Kier molecular flexibility index (Phi) is 2.53. The number of aryl methyl sites for hydroxylation is 3. The molecule has 2 aromatic heterocycles. The Bertz CT molecular complexity index is 458. The third-order valence-electron chi connectivity index (χ3n) is 2.17. The summed E-state index contributed by atoms with van der Waals surface area (Å²) in [4.78, 5) is 0. The van der Waals surface area contributed by atoms with Crippen LogP contribution in [0.3, 0.4) is 0 Å². The van der Waals surface area contributed by atoms with E-state index in [1.807, 2.05) is 20.2 Å². The molecule has 15 heavy (non-hydrogen) atoms. The molecule has 0 radical (unpaired) electrons. The average Bonchev–Trinajstić information content (AvgIpc) is 2.73. The Hall–Kier alpha value is -1.65. The van der Waals surface area contributed by atoms with Crippen molar-refractivity contribution in [2.45, 2.75) is 26.7 Å². The number of nitrogens with zero attached hydrogens (tertiary/aromatic N) is 4. The molecule has 0 fully saturated rings. The van der Waals surface area contributed by atoms with Crippen LogP contribution < -0.4 is 0 Å². The summed E-state index contributed by atoms with van der Waals surface area (Å²) in [7, 11) is 1.87. The summed E-state index contributed by atoms with van der Waals surface area (Å²) >= 11 is 0. The van der Waals surface area contributed by atoms with E-state index in [0.29, 0.717) is 11.8 Å². The lowest BCUT2D eigenvalue weighted by molar-refractivity contribution is 0.502. The zero-order valence-electron chi connectivity index (χ0n) is 9.19. The lowest BCUT2D eigenvalue weighted by Crippen LogP contribution is -1.86. The van der Waals surface area contributed by atoms with E-state index in [2.05, 4.69) is 22.2 Å². The molecule has 0 N–H and O–H groups in total. The average molecular weight is 206 g/mol. The zero-order valence-corrected chi connectivity index (χ0v) is 9.19. The second kappa shape index (κ2) is 3.84. The van der Waals surface area contributed by atoms with E-state index in [0.717, 1.165) is 24.1 Å². The van der Waals surface area contributed by atoms with Crippen LogP contribution in [0.25, 0.3) is 11.5 Å². The Labute approximate surface area is 88.1 Å². The normalized spacial score (nSPS) is 10.9. The molecule has 2 heterocycles. The fraction of sp³-hybridized carbons (Fsp3) is 0.500. The van der Waals surface area contributed by atoms with Crippen molar-refractivity contribution in [1.82, 2.24) is 20.0 Å². The highest BCUT2D eigenvalue weighted by atomic mass is 16.4. The van der Waals surface area contributed by atoms with Gasteiger partial charge in [0, 0.05) is 19.7 Å². The molecule has 0 unspecified atom stereocenters. The van der Waals surface area contributed by atoms with Gasteiger partial charge in [-0.1, -0.05) is 6.92 Å². The maximum Gasteiger partial charge on any atom is 0.251 e. The second-order valence-electron chi connectivity index (χ2n) is 3.55. The summed E-state index contributed by atoms with van der Waals surface area (Å²) in [6, 6.07) is 0. The van der Waals surface area contributed by atoms with Crippen LogP contribution in [0, 0.1) is 6.92 Å². The van der Waals surface area contributed by atoms with Gasteiger partial charge in [0.2, 0.25) is 5.89 Å². The Morgan fingerprint density at radius 3 is 2.80 bits per heavy atom. The van der Waals surface area contributed by atoms with E-state index in [9.17, 15) is 0 Å². The Morgan fingerprint density at radius 2 is 2.20 bits per heavy atom. The van der Waals surface area contributed by atoms with Crippen molar-refractivity contribution < 1.29 is 4.42 Å². The molecule has 0 aliphatic rings. The van der Waals surface area contributed by atoms with Gasteiger partial charge in [-0.3, -0.25) is 4.68 Å². The minimum absolute atomic E-state index is 0.559. The molecule has 0 aliphatic heterocycles. The monoisotopic (exact) mass is 206 g/mol. The molecular weight excluding hydrogens is 192 g/mol. The van der Waals surface area contributed by atoms with Crippen LogP contribution in [0.2, 0.25) is 0 Å². The zero-order chi connectivity index (χ0) is 10.8. The lowest BCUT2D eigenvalue weighted by Gasteiger charge is -1.89. The number of hydrogen-bond acceptors (Lipinski definition) is 4. The van der Waals surface area contributed by atoms with Crippen LogP contribution >= 0.6 is 0 Å². The van der Waals surface area contributed by atoms with Crippen LogP contribution in [0.15, 0.2) is 10.6 Å². The summed E-state index contributed by atoms with van der Waals surface area (Å²) in [6.07, 6.45) is 3.72. The van der Waals surface area contributed by atoms with Crippen LogP contribution in [-0.2, 0) is 13.5 Å². The van der Waals surface area contributed by atoms with Crippen LogP contribution in [0.1, 0.15) is 24.9 Å². The van der Waals surface area contributed by atoms with Gasteiger partial charge in [-0.15, -0.1) is 10.2 Å². The predicted octanol–water partition coefficient (Wildman–Crippen LogP) is 1.73. The molecule has 0 atom stereocenters. The number of aromatic nitrogens is 4. The van der Waals surface area contributed by atoms with Crippen molar-refractivity contribution in [3.63, 3.8) is 0 Å². The van der Waals surface area contributed by atoms with Crippen LogP contribution in [0.4, 0.5) is 0 Å². The summed E-state index contributed by atoms with van der Waals surface area (Å²) in [5, 5.41) is 12.2. The molecule has 0 amide bonds. The topological polar surface area (TPSA) is 56.7 Å². The Morgan fingerprint density at radius 1 is 1.40 bits per heavy atom. The van der Waals surface area contributed by atoms with Gasteiger partial charge in [-0.2, -0.15) is 5.10 Å². The molecule has 0 aliphatic carbocycles. The van der Waals surface area contributed by atoms with Crippen molar-refractivity contribution in [1.29, 1.82) is 0 Å². The summed E-state index contributed by atoms with van der Waals surface area (Å²) in [5.74, 6) is 1.25. The maximum atomic E-state index is 5.53. The fourth-order valence-electron chi connectivity index (χ4n) is 1.49. The standard InChI is InChI=1S/C10H14N4O/c1-4-5-9-11-12-10(15-9)8-6-14(3)13-7(8)2/h6H,4-5H2,1-3H3. The van der Waals surface area contributed by atoms with E-state index in [-0.39, 0.29) is 0 Å². The highest BCUT2D eigenvalue weighted by molar-refractivity contribution is 5.54. The van der Waals surface area contributed by atoms with E-state index >= 15 is 0 Å². The van der Waals surface area contributed by atoms with Crippen molar-refractivity contribution in [3.05, 3.63) is 17.8 Å². The third kappa shape index (κ3) is 1.91. The maximum absolute atomic E-state index is 5.53. The first-order valence-electron chi connectivity index (χ1n) is 5.03. The van der Waals surface area contributed by atoms with Gasteiger partial charge in [0.1, 0.15) is 0 Å². The lowest BCUT2D eigenvalue weighted by atomic mass is 10.3. The van der Waals surface area contributed by atoms with Crippen LogP contribution in [-0.4, -0.2) is 20.0 Å². The highest BCUT2D eigenvalue weighted by Crippen LogP contribution is 2.20. The molecule has 0 aromatic carbocycles. The van der Waals surface area contributed by atoms with Crippen molar-refractivity contribution >= 4 is 0 Å². The minimum Gasteiger partial charge on any atom is -0.421 e. The predicted molar refractivity (Wildman–Crippen MR) is 55.2 cm³/mol. The molecule has 0 saturated carbocycles. The van der Waals surface area contributed by atoms with E-state index in [4.69, 9.17) is 4.42 Å². The van der Waals surface area contributed by atoms with Crippen LogP contribution in [0.5, 0.6) is 0 Å². The van der Waals surface area contributed by atoms with Crippen molar-refractivity contribution in [2.75, 3.05) is 0 Å². The van der Waals surface area contributed by atoms with Gasteiger partial charge >= 0.3 is 0 Å². The van der Waals surface area contributed by atoms with Gasteiger partial charge in [-0.25, -0.2) is 0 Å². The first-order valence-corrected chi connectivity index (χ1v) is 5.03. The smallest absolute Gasteiger partial charge is 0.251 e. The van der Waals surface area contributed by atoms with Crippen molar-refractivity contribution in [3.8, 4) is 11.5 Å². The molecule has 5 heteroatoms.